The van der Waals surface area contributed by atoms with Crippen LogP contribution in [0.2, 0.25) is 0 Å². The number of anilines is 1. The Hall–Kier alpha value is -2.00. The minimum atomic E-state index is -3.86. The summed E-state index contributed by atoms with van der Waals surface area (Å²) in [5.41, 5.74) is -0.572. The fourth-order valence-electron chi connectivity index (χ4n) is 1.58. The molecule has 0 spiro atoms. The van der Waals surface area contributed by atoms with E-state index < -0.39 is 46.4 Å². The maximum atomic E-state index is 14.0. The number of rotatable bonds is 6. The van der Waals surface area contributed by atoms with Crippen LogP contribution in [0.15, 0.2) is 18.2 Å². The van der Waals surface area contributed by atoms with Crippen molar-refractivity contribution >= 4 is 27.6 Å². The van der Waals surface area contributed by atoms with Crippen LogP contribution < -0.4 is 10.6 Å². The van der Waals surface area contributed by atoms with Crippen molar-refractivity contribution in [2.75, 3.05) is 18.5 Å². The second-order valence-corrected chi connectivity index (χ2v) is 5.94. The van der Waals surface area contributed by atoms with E-state index in [1.165, 1.54) is 13.0 Å². The van der Waals surface area contributed by atoms with E-state index in [1.54, 1.807) is 5.32 Å². The minimum absolute atomic E-state index is 0.0523. The van der Waals surface area contributed by atoms with Crippen LogP contribution in [0.3, 0.4) is 0 Å². The third-order valence-corrected chi connectivity index (χ3v) is 3.13. The Morgan fingerprint density at radius 2 is 2.14 bits per heavy atom. The van der Waals surface area contributed by atoms with Gasteiger partial charge < -0.3 is 10.6 Å². The van der Waals surface area contributed by atoms with Gasteiger partial charge in [0.25, 0.3) is 21.9 Å². The van der Waals surface area contributed by atoms with Gasteiger partial charge in [-0.15, -0.1) is 0 Å². The Kier molecular flexibility index (Phi) is 4.54. The zero-order valence-corrected chi connectivity index (χ0v) is 12.7. The van der Waals surface area contributed by atoms with E-state index in [0.29, 0.717) is 0 Å². The van der Waals surface area contributed by atoms with Crippen molar-refractivity contribution in [3.63, 3.8) is 0 Å². The zero-order valence-electron chi connectivity index (χ0n) is 14.8. The van der Waals surface area contributed by atoms with Gasteiger partial charge in [0, 0.05) is 16.8 Å². The lowest BCUT2D eigenvalue weighted by atomic mass is 10.1. The molecule has 9 heteroatoms. The van der Waals surface area contributed by atoms with Gasteiger partial charge in [0.1, 0.15) is 5.82 Å². The summed E-state index contributed by atoms with van der Waals surface area (Å²) in [6.45, 7) is -1.24. The fraction of sp³-hybridized carbons (Fsp3) is 0.385. The number of benzene rings is 1. The normalized spacial score (nSPS) is 15.1. The highest BCUT2D eigenvalue weighted by atomic mass is 32.2. The largest absolute Gasteiger partial charge is 0.355 e. The SMILES string of the molecule is [2H]C([2H])([2H])NC(=O)c1ccc(NC(=O)[C@@H](CC)OS(C)(=O)=O)cc1F. The molecule has 1 atom stereocenters. The number of nitrogens with one attached hydrogen (secondary N) is 2. The average Bonchev–Trinajstić information content (AvgIpc) is 2.41. The molecule has 1 aromatic rings. The molecule has 2 N–H and O–H groups in total. The monoisotopic (exact) mass is 335 g/mol. The maximum Gasteiger partial charge on any atom is 0.265 e. The average molecular weight is 335 g/mol. The highest BCUT2D eigenvalue weighted by Crippen LogP contribution is 2.16. The van der Waals surface area contributed by atoms with Crippen LogP contribution in [0.1, 0.15) is 27.8 Å². The Morgan fingerprint density at radius 3 is 2.64 bits per heavy atom. The first-order chi connectivity index (χ1) is 11.3. The van der Waals surface area contributed by atoms with Crippen molar-refractivity contribution < 1.29 is 30.7 Å². The Morgan fingerprint density at radius 1 is 1.45 bits per heavy atom. The molecule has 0 fully saturated rings. The van der Waals surface area contributed by atoms with Gasteiger partial charge in [-0.3, -0.25) is 13.8 Å². The molecule has 0 aliphatic heterocycles. The summed E-state index contributed by atoms with van der Waals surface area (Å²) in [5.74, 6) is -3.01. The van der Waals surface area contributed by atoms with Gasteiger partial charge in [-0.1, -0.05) is 6.92 Å². The zero-order chi connectivity index (χ0) is 19.4. The number of halogens is 1. The highest BCUT2D eigenvalue weighted by Gasteiger charge is 2.22. The topological polar surface area (TPSA) is 102 Å². The van der Waals surface area contributed by atoms with E-state index >= 15 is 0 Å². The first-order valence-corrected chi connectivity index (χ1v) is 7.95. The molecule has 0 heterocycles. The molecule has 122 valence electrons. The van der Waals surface area contributed by atoms with Crippen molar-refractivity contribution in [2.45, 2.75) is 19.4 Å². The first-order valence-electron chi connectivity index (χ1n) is 7.63. The van der Waals surface area contributed by atoms with Gasteiger partial charge >= 0.3 is 0 Å². The summed E-state index contributed by atoms with van der Waals surface area (Å²) in [4.78, 5) is 23.6. The molecule has 1 rings (SSSR count). The van der Waals surface area contributed by atoms with E-state index in [9.17, 15) is 22.4 Å². The number of hydrogen-bond acceptors (Lipinski definition) is 5. The van der Waals surface area contributed by atoms with E-state index in [-0.39, 0.29) is 12.1 Å². The molecule has 0 aliphatic carbocycles. The van der Waals surface area contributed by atoms with Crippen LogP contribution in [0, 0.1) is 5.82 Å². The lowest BCUT2D eigenvalue weighted by Gasteiger charge is -2.14. The smallest absolute Gasteiger partial charge is 0.265 e. The minimum Gasteiger partial charge on any atom is -0.355 e. The third-order valence-electron chi connectivity index (χ3n) is 2.55. The number of amides is 2. The number of hydrogen-bond donors (Lipinski definition) is 2. The molecule has 0 radical (unpaired) electrons. The lowest BCUT2D eigenvalue weighted by molar-refractivity contribution is -0.122. The van der Waals surface area contributed by atoms with Crippen LogP contribution in [0.25, 0.3) is 0 Å². The molecular weight excluding hydrogens is 315 g/mol. The summed E-state index contributed by atoms with van der Waals surface area (Å²) >= 11 is 0. The standard InChI is InChI=1S/C13H17FN2O5S/c1-4-11(21-22(3,19)20)13(18)16-8-5-6-9(10(14)7-8)12(17)15-2/h5-7,11H,4H2,1-3H3,(H,15,17)(H,16,18)/t11-/m1/s1/i2D3. The van der Waals surface area contributed by atoms with Crippen LogP contribution in [-0.2, 0) is 19.1 Å². The summed E-state index contributed by atoms with van der Waals surface area (Å²) in [6, 6.07) is 2.96. The Labute approximate surface area is 132 Å². The first kappa shape index (κ1) is 13.6. The quantitative estimate of drug-likeness (QED) is 0.752. The molecule has 7 nitrogen and oxygen atoms in total. The molecule has 0 saturated carbocycles. The Bertz CT molecular complexity index is 767. The summed E-state index contributed by atoms with van der Waals surface area (Å²) < 4.78 is 61.5. The number of carbonyl (C=O) groups is 2. The summed E-state index contributed by atoms with van der Waals surface area (Å²) in [6.07, 6.45) is -0.446. The molecular formula is C13H17FN2O5S. The predicted octanol–water partition coefficient (Wildman–Crippen LogP) is 0.879. The Balaban J connectivity index is 2.90. The van der Waals surface area contributed by atoms with Gasteiger partial charge in [-0.25, -0.2) is 4.39 Å². The second-order valence-electron chi connectivity index (χ2n) is 4.34. The fourth-order valence-corrected chi connectivity index (χ4v) is 2.22. The molecule has 0 aliphatic rings. The van der Waals surface area contributed by atoms with Crippen LogP contribution in [0.4, 0.5) is 10.1 Å². The second kappa shape index (κ2) is 7.32. The van der Waals surface area contributed by atoms with Gasteiger partial charge in [0.15, 0.2) is 6.10 Å². The predicted molar refractivity (Wildman–Crippen MR) is 78.4 cm³/mol. The van der Waals surface area contributed by atoms with Crippen LogP contribution in [0.5, 0.6) is 0 Å². The van der Waals surface area contributed by atoms with Crippen molar-refractivity contribution in [1.29, 1.82) is 0 Å². The van der Waals surface area contributed by atoms with Crippen LogP contribution >= 0.6 is 0 Å². The van der Waals surface area contributed by atoms with Crippen molar-refractivity contribution in [2.24, 2.45) is 0 Å². The molecule has 0 unspecified atom stereocenters. The molecule has 2 amide bonds. The molecule has 1 aromatic carbocycles. The maximum absolute atomic E-state index is 14.0. The van der Waals surface area contributed by atoms with E-state index in [2.05, 4.69) is 9.50 Å². The van der Waals surface area contributed by atoms with Gasteiger partial charge in [0.2, 0.25) is 0 Å². The van der Waals surface area contributed by atoms with Crippen molar-refractivity contribution in [3.05, 3.63) is 29.6 Å². The summed E-state index contributed by atoms with van der Waals surface area (Å²) in [7, 11) is -3.86. The third kappa shape index (κ3) is 5.08. The van der Waals surface area contributed by atoms with E-state index in [4.69, 9.17) is 4.11 Å². The molecule has 22 heavy (non-hydrogen) atoms. The molecule has 0 aromatic heterocycles. The van der Waals surface area contributed by atoms with Crippen molar-refractivity contribution in [3.8, 4) is 0 Å². The van der Waals surface area contributed by atoms with E-state index in [1.807, 2.05) is 0 Å². The highest BCUT2D eigenvalue weighted by molar-refractivity contribution is 7.86. The van der Waals surface area contributed by atoms with Gasteiger partial charge in [0.05, 0.1) is 11.8 Å². The molecule has 0 bridgehead atoms. The van der Waals surface area contributed by atoms with Crippen LogP contribution in [-0.4, -0.2) is 39.6 Å². The summed E-state index contributed by atoms with van der Waals surface area (Å²) in [5, 5.41) is 3.90. The van der Waals surface area contributed by atoms with E-state index in [0.717, 1.165) is 18.4 Å². The number of carbonyl (C=O) groups excluding carboxylic acids is 2. The lowest BCUT2D eigenvalue weighted by Crippen LogP contribution is -2.31. The van der Waals surface area contributed by atoms with Crippen molar-refractivity contribution in [1.82, 2.24) is 5.32 Å². The molecule has 0 saturated heterocycles. The van der Waals surface area contributed by atoms with Gasteiger partial charge in [-0.2, -0.15) is 8.42 Å². The van der Waals surface area contributed by atoms with Gasteiger partial charge in [-0.05, 0) is 24.6 Å².